The SMILES string of the molecule is C[S+]([O-])N[C@](C)(c1cc(Br)cs1)C1CCOC1=O. The molecule has 2 unspecified atom stereocenters. The zero-order valence-corrected chi connectivity index (χ0v) is 13.3. The number of hydrogen-bond acceptors (Lipinski definition) is 5. The molecule has 0 radical (unpaired) electrons. The maximum Gasteiger partial charge on any atom is 0.311 e. The highest BCUT2D eigenvalue weighted by atomic mass is 79.9. The molecule has 1 aliphatic rings. The molecule has 1 aliphatic heterocycles. The quantitative estimate of drug-likeness (QED) is 0.667. The number of ether oxygens (including phenoxy) is 1. The minimum absolute atomic E-state index is 0.222. The Labute approximate surface area is 122 Å². The lowest BCUT2D eigenvalue weighted by Crippen LogP contribution is -2.49. The summed E-state index contributed by atoms with van der Waals surface area (Å²) in [5.41, 5.74) is -0.649. The normalized spacial score (nSPS) is 24.7. The topological polar surface area (TPSA) is 61.4 Å². The fourth-order valence-corrected chi connectivity index (χ4v) is 4.71. The van der Waals surface area contributed by atoms with Crippen molar-refractivity contribution in [3.05, 3.63) is 20.8 Å². The zero-order chi connectivity index (χ0) is 13.3. The van der Waals surface area contributed by atoms with E-state index in [9.17, 15) is 9.35 Å². The van der Waals surface area contributed by atoms with Crippen molar-refractivity contribution in [2.45, 2.75) is 18.9 Å². The van der Waals surface area contributed by atoms with Crippen LogP contribution in [0.5, 0.6) is 0 Å². The van der Waals surface area contributed by atoms with Crippen molar-refractivity contribution in [3.63, 3.8) is 0 Å². The molecule has 1 N–H and O–H groups in total. The van der Waals surface area contributed by atoms with E-state index in [2.05, 4.69) is 20.7 Å². The molecule has 3 atom stereocenters. The van der Waals surface area contributed by atoms with Crippen molar-refractivity contribution in [1.82, 2.24) is 4.72 Å². The van der Waals surface area contributed by atoms with Gasteiger partial charge in [-0.25, -0.2) is 0 Å². The summed E-state index contributed by atoms with van der Waals surface area (Å²) in [5, 5.41) is 1.95. The van der Waals surface area contributed by atoms with Crippen LogP contribution in [0.1, 0.15) is 18.2 Å². The Kier molecular flexibility index (Phi) is 4.38. The number of halogens is 1. The largest absolute Gasteiger partial charge is 0.598 e. The van der Waals surface area contributed by atoms with Gasteiger partial charge in [0.2, 0.25) is 0 Å². The van der Waals surface area contributed by atoms with Gasteiger partial charge in [-0.1, -0.05) is 0 Å². The zero-order valence-electron chi connectivity index (χ0n) is 10.1. The molecule has 2 heterocycles. The summed E-state index contributed by atoms with van der Waals surface area (Å²) in [7, 11) is 0. The van der Waals surface area contributed by atoms with Crippen molar-refractivity contribution >= 4 is 44.6 Å². The summed E-state index contributed by atoms with van der Waals surface area (Å²) in [6.45, 7) is 2.34. The second kappa shape index (κ2) is 5.50. The van der Waals surface area contributed by atoms with Gasteiger partial charge in [0, 0.05) is 26.1 Å². The standard InChI is InChI=1S/C11H14BrNO3S2/c1-11(13-18(2)15,8-3-4-16-10(8)14)9-5-7(12)6-17-9/h5-6,8,13H,3-4H2,1-2H3/t8?,11-,18?/m0/s1. The average molecular weight is 352 g/mol. The second-order valence-electron chi connectivity index (χ2n) is 4.40. The summed E-state index contributed by atoms with van der Waals surface area (Å²) in [5.74, 6) is -0.521. The van der Waals surface area contributed by atoms with Gasteiger partial charge >= 0.3 is 5.97 Å². The second-order valence-corrected chi connectivity index (χ2v) is 7.34. The number of cyclic esters (lactones) is 1. The molecule has 0 aliphatic carbocycles. The van der Waals surface area contributed by atoms with Gasteiger partial charge in [0.05, 0.1) is 12.5 Å². The van der Waals surface area contributed by atoms with Crippen LogP contribution in [0.4, 0.5) is 0 Å². The van der Waals surface area contributed by atoms with Crippen molar-refractivity contribution in [3.8, 4) is 0 Å². The van der Waals surface area contributed by atoms with Gasteiger partial charge in [0.25, 0.3) is 0 Å². The first-order chi connectivity index (χ1) is 8.43. The van der Waals surface area contributed by atoms with Gasteiger partial charge in [-0.15, -0.1) is 16.1 Å². The lowest BCUT2D eigenvalue weighted by Gasteiger charge is -2.32. The lowest BCUT2D eigenvalue weighted by atomic mass is 9.84. The van der Waals surface area contributed by atoms with Crippen LogP contribution >= 0.6 is 27.3 Å². The number of carbonyl (C=O) groups is 1. The Balaban J connectivity index is 2.36. The van der Waals surface area contributed by atoms with Crippen LogP contribution < -0.4 is 4.72 Å². The summed E-state index contributed by atoms with van der Waals surface area (Å²) in [6.07, 6.45) is 2.22. The molecular weight excluding hydrogens is 338 g/mol. The third-order valence-electron chi connectivity index (χ3n) is 3.07. The van der Waals surface area contributed by atoms with Gasteiger partial charge in [-0.05, 0) is 35.3 Å². The molecule has 1 aromatic heterocycles. The summed E-state index contributed by atoms with van der Waals surface area (Å²) in [6, 6.07) is 1.95. The molecule has 1 aromatic rings. The van der Waals surface area contributed by atoms with E-state index in [4.69, 9.17) is 4.74 Å². The van der Waals surface area contributed by atoms with Crippen molar-refractivity contribution in [1.29, 1.82) is 0 Å². The van der Waals surface area contributed by atoms with Gasteiger partial charge in [-0.2, -0.15) is 0 Å². The number of esters is 1. The monoisotopic (exact) mass is 351 g/mol. The Hall–Kier alpha value is -0.0800. The summed E-state index contributed by atoms with van der Waals surface area (Å²) < 4.78 is 20.6. The van der Waals surface area contributed by atoms with E-state index in [0.717, 1.165) is 9.35 Å². The van der Waals surface area contributed by atoms with Crippen LogP contribution in [0.2, 0.25) is 0 Å². The van der Waals surface area contributed by atoms with Crippen LogP contribution in [-0.2, 0) is 26.4 Å². The predicted octanol–water partition coefficient (Wildman–Crippen LogP) is 2.17. The van der Waals surface area contributed by atoms with E-state index in [1.165, 1.54) is 11.3 Å². The average Bonchev–Trinajstić information content (AvgIpc) is 2.86. The van der Waals surface area contributed by atoms with Crippen LogP contribution in [-0.4, -0.2) is 23.4 Å². The summed E-state index contributed by atoms with van der Waals surface area (Å²) >= 11 is 3.74. The molecule has 2 rings (SSSR count). The van der Waals surface area contributed by atoms with Crippen LogP contribution in [0, 0.1) is 5.92 Å². The number of hydrogen-bond donors (Lipinski definition) is 1. The van der Waals surface area contributed by atoms with E-state index in [-0.39, 0.29) is 11.9 Å². The first-order valence-electron chi connectivity index (χ1n) is 5.46. The van der Waals surface area contributed by atoms with Crippen LogP contribution in [0.15, 0.2) is 15.9 Å². The summed E-state index contributed by atoms with van der Waals surface area (Å²) in [4.78, 5) is 12.8. The number of thiophene rings is 1. The van der Waals surface area contributed by atoms with E-state index >= 15 is 0 Å². The Morgan fingerprint density at radius 3 is 2.89 bits per heavy atom. The van der Waals surface area contributed by atoms with Gasteiger partial charge in [0.15, 0.2) is 0 Å². The molecule has 1 fully saturated rings. The molecule has 4 nitrogen and oxygen atoms in total. The predicted molar refractivity (Wildman–Crippen MR) is 75.6 cm³/mol. The molecule has 18 heavy (non-hydrogen) atoms. The molecule has 0 amide bonds. The Morgan fingerprint density at radius 1 is 1.72 bits per heavy atom. The minimum atomic E-state index is -1.20. The lowest BCUT2D eigenvalue weighted by molar-refractivity contribution is -0.143. The maximum atomic E-state index is 11.8. The van der Waals surface area contributed by atoms with E-state index in [1.54, 1.807) is 6.26 Å². The smallest absolute Gasteiger partial charge is 0.311 e. The maximum absolute atomic E-state index is 11.8. The van der Waals surface area contributed by atoms with Crippen LogP contribution in [0.3, 0.4) is 0 Å². The first-order valence-corrected chi connectivity index (χ1v) is 8.69. The minimum Gasteiger partial charge on any atom is -0.598 e. The third-order valence-corrected chi connectivity index (χ3v) is 5.71. The molecule has 0 spiro atoms. The molecule has 7 heteroatoms. The van der Waals surface area contributed by atoms with Crippen molar-refractivity contribution < 1.29 is 14.1 Å². The van der Waals surface area contributed by atoms with Gasteiger partial charge in [0.1, 0.15) is 11.8 Å². The van der Waals surface area contributed by atoms with E-state index in [1.807, 2.05) is 18.4 Å². The fraction of sp³-hybridized carbons (Fsp3) is 0.545. The highest BCUT2D eigenvalue weighted by Gasteiger charge is 2.47. The third kappa shape index (κ3) is 2.75. The Morgan fingerprint density at radius 2 is 2.44 bits per heavy atom. The molecular formula is C11H14BrNO3S2. The molecule has 1 saturated heterocycles. The highest BCUT2D eigenvalue weighted by Crippen LogP contribution is 2.40. The Bertz CT molecular complexity index is 451. The number of carbonyl (C=O) groups excluding carboxylic acids is 1. The highest BCUT2D eigenvalue weighted by molar-refractivity contribution is 9.10. The van der Waals surface area contributed by atoms with E-state index in [0.29, 0.717) is 13.0 Å². The van der Waals surface area contributed by atoms with Crippen molar-refractivity contribution in [2.75, 3.05) is 12.9 Å². The molecule has 0 saturated carbocycles. The number of rotatable bonds is 4. The van der Waals surface area contributed by atoms with Gasteiger partial charge < -0.3 is 9.29 Å². The number of nitrogens with one attached hydrogen (secondary N) is 1. The van der Waals surface area contributed by atoms with E-state index < -0.39 is 16.9 Å². The molecule has 0 aromatic carbocycles. The van der Waals surface area contributed by atoms with Gasteiger partial charge in [-0.3, -0.25) is 4.79 Å². The molecule has 100 valence electrons. The molecule has 0 bridgehead atoms. The fourth-order valence-electron chi connectivity index (χ4n) is 2.20. The van der Waals surface area contributed by atoms with Crippen LogP contribution in [0.25, 0.3) is 0 Å². The first kappa shape index (κ1) is 14.3. The van der Waals surface area contributed by atoms with Crippen molar-refractivity contribution in [2.24, 2.45) is 5.92 Å².